The van der Waals surface area contributed by atoms with Crippen LogP contribution in [0.3, 0.4) is 0 Å². The summed E-state index contributed by atoms with van der Waals surface area (Å²) in [6.45, 7) is -0.583. The molecule has 0 aromatic heterocycles. The van der Waals surface area contributed by atoms with Crippen molar-refractivity contribution in [3.8, 4) is 17.2 Å². The summed E-state index contributed by atoms with van der Waals surface area (Å²) in [5.41, 5.74) is -0.187. The number of phenols is 2. The maximum atomic E-state index is 12.1. The first-order chi connectivity index (χ1) is 10.9. The average molecular weight is 328 g/mol. The summed E-state index contributed by atoms with van der Waals surface area (Å²) in [5, 5.41) is 49.3. The lowest BCUT2D eigenvalue weighted by Gasteiger charge is -2.44. The van der Waals surface area contributed by atoms with Crippen molar-refractivity contribution >= 4 is 5.97 Å². The molecule has 2 heterocycles. The van der Waals surface area contributed by atoms with Crippen LogP contribution >= 0.6 is 0 Å². The SMILES string of the molecule is COc1c(O)cc2c(c1O)[C@H]1O[C@H](CO)[C@@H](O)[C@H](O)[C@@H]1OC2=O. The number of fused-ring (bicyclic) bond motifs is 3. The van der Waals surface area contributed by atoms with Gasteiger partial charge in [0.05, 0.1) is 19.3 Å². The van der Waals surface area contributed by atoms with Gasteiger partial charge in [-0.3, -0.25) is 0 Å². The second kappa shape index (κ2) is 5.53. The van der Waals surface area contributed by atoms with Gasteiger partial charge < -0.3 is 39.7 Å². The van der Waals surface area contributed by atoms with E-state index in [2.05, 4.69) is 0 Å². The first kappa shape index (κ1) is 15.8. The fraction of sp³-hybridized carbons (Fsp3) is 0.500. The summed E-state index contributed by atoms with van der Waals surface area (Å²) in [5.74, 6) is -2.16. The van der Waals surface area contributed by atoms with E-state index in [1.807, 2.05) is 0 Å². The number of phenolic OH excluding ortho intramolecular Hbond substituents is 2. The minimum atomic E-state index is -1.51. The molecule has 126 valence electrons. The molecule has 0 aliphatic carbocycles. The van der Waals surface area contributed by atoms with Gasteiger partial charge in [0.1, 0.15) is 24.4 Å². The molecule has 0 amide bonds. The van der Waals surface area contributed by atoms with Crippen LogP contribution in [0.4, 0.5) is 0 Å². The molecule has 0 radical (unpaired) electrons. The molecule has 0 saturated carbocycles. The molecule has 5 N–H and O–H groups in total. The lowest BCUT2D eigenvalue weighted by Crippen LogP contribution is -2.58. The minimum absolute atomic E-state index is 0.0368. The maximum Gasteiger partial charge on any atom is 0.339 e. The van der Waals surface area contributed by atoms with Crippen LogP contribution < -0.4 is 4.74 Å². The van der Waals surface area contributed by atoms with E-state index in [9.17, 15) is 30.3 Å². The van der Waals surface area contributed by atoms with Gasteiger partial charge in [-0.2, -0.15) is 0 Å². The van der Waals surface area contributed by atoms with Crippen molar-refractivity contribution < 1.29 is 44.5 Å². The standard InChI is InChI=1S/C14H16O9/c1-21-11-5(16)2-4-7(9(11)18)12-13(23-14(4)20)10(19)8(17)6(3-15)22-12/h2,6,8,10,12-13,15-19H,3H2,1H3/t6-,8-,10+,12-,13+/m1/s1. The Hall–Kier alpha value is -2.07. The molecule has 9 nitrogen and oxygen atoms in total. The highest BCUT2D eigenvalue weighted by Gasteiger charge is 2.52. The van der Waals surface area contributed by atoms with Gasteiger partial charge in [0.15, 0.2) is 17.6 Å². The summed E-state index contributed by atoms with van der Waals surface area (Å²) in [4.78, 5) is 12.1. The van der Waals surface area contributed by atoms with E-state index in [0.29, 0.717) is 0 Å². The predicted molar refractivity (Wildman–Crippen MR) is 72.2 cm³/mol. The molecular weight excluding hydrogens is 312 g/mol. The molecule has 2 aliphatic heterocycles. The van der Waals surface area contributed by atoms with Crippen molar-refractivity contribution in [2.24, 2.45) is 0 Å². The van der Waals surface area contributed by atoms with Crippen molar-refractivity contribution in [1.29, 1.82) is 0 Å². The highest BCUT2D eigenvalue weighted by Crippen LogP contribution is 2.49. The van der Waals surface area contributed by atoms with Crippen LogP contribution in [0, 0.1) is 0 Å². The normalized spacial score (nSPS) is 32.7. The molecule has 0 bridgehead atoms. The van der Waals surface area contributed by atoms with Crippen LogP contribution in [0.1, 0.15) is 22.0 Å². The number of ether oxygens (including phenoxy) is 3. The zero-order valence-electron chi connectivity index (χ0n) is 12.0. The molecule has 1 aromatic carbocycles. The second-order valence-corrected chi connectivity index (χ2v) is 5.37. The van der Waals surface area contributed by atoms with Gasteiger partial charge in [-0.25, -0.2) is 4.79 Å². The molecule has 9 heteroatoms. The first-order valence-corrected chi connectivity index (χ1v) is 6.87. The summed E-state index contributed by atoms with van der Waals surface area (Å²) in [6, 6.07) is 1.06. The Balaban J connectivity index is 2.16. The number of aliphatic hydroxyl groups is 3. The minimum Gasteiger partial charge on any atom is -0.504 e. The van der Waals surface area contributed by atoms with E-state index in [1.165, 1.54) is 7.11 Å². The largest absolute Gasteiger partial charge is 0.504 e. The number of aliphatic hydroxyl groups excluding tert-OH is 3. The Labute approximate surface area is 130 Å². The zero-order valence-corrected chi connectivity index (χ0v) is 12.0. The van der Waals surface area contributed by atoms with Gasteiger partial charge in [-0.1, -0.05) is 0 Å². The Morgan fingerprint density at radius 1 is 1.26 bits per heavy atom. The number of rotatable bonds is 2. The molecule has 1 aromatic rings. The molecule has 2 aliphatic rings. The number of esters is 1. The molecule has 0 spiro atoms. The van der Waals surface area contributed by atoms with Crippen LogP contribution in [0.2, 0.25) is 0 Å². The number of benzene rings is 1. The lowest BCUT2D eigenvalue weighted by atomic mass is 9.86. The van der Waals surface area contributed by atoms with Gasteiger partial charge >= 0.3 is 5.97 Å². The average Bonchev–Trinajstić information content (AvgIpc) is 2.52. The lowest BCUT2D eigenvalue weighted by molar-refractivity contribution is -0.235. The zero-order chi connectivity index (χ0) is 16.9. The first-order valence-electron chi connectivity index (χ1n) is 6.87. The van der Waals surface area contributed by atoms with E-state index < -0.39 is 54.6 Å². The monoisotopic (exact) mass is 328 g/mol. The van der Waals surface area contributed by atoms with E-state index in [0.717, 1.165) is 6.07 Å². The fourth-order valence-corrected chi connectivity index (χ4v) is 2.95. The van der Waals surface area contributed by atoms with Crippen LogP contribution in [0.25, 0.3) is 0 Å². The molecule has 0 unspecified atom stereocenters. The van der Waals surface area contributed by atoms with Crippen LogP contribution in [-0.2, 0) is 9.47 Å². The van der Waals surface area contributed by atoms with Crippen LogP contribution in [0.5, 0.6) is 17.2 Å². The van der Waals surface area contributed by atoms with Crippen LogP contribution in [-0.4, -0.2) is 69.6 Å². The molecule has 3 rings (SSSR count). The van der Waals surface area contributed by atoms with Gasteiger partial charge in [0.2, 0.25) is 5.75 Å². The van der Waals surface area contributed by atoms with Gasteiger partial charge in [-0.05, 0) is 6.07 Å². The van der Waals surface area contributed by atoms with Crippen LogP contribution in [0.15, 0.2) is 6.07 Å². The molecular formula is C14H16O9. The predicted octanol–water partition coefficient (Wildman–Crippen LogP) is -1.20. The number of hydrogen-bond acceptors (Lipinski definition) is 9. The van der Waals surface area contributed by atoms with E-state index in [1.54, 1.807) is 0 Å². The number of aromatic hydroxyl groups is 2. The molecule has 5 atom stereocenters. The van der Waals surface area contributed by atoms with Crippen molar-refractivity contribution in [1.82, 2.24) is 0 Å². The van der Waals surface area contributed by atoms with Crippen molar-refractivity contribution in [2.45, 2.75) is 30.5 Å². The van der Waals surface area contributed by atoms with Crippen molar-refractivity contribution in [3.05, 3.63) is 17.2 Å². The topological polar surface area (TPSA) is 146 Å². The summed E-state index contributed by atoms with van der Waals surface area (Å²) >= 11 is 0. The Bertz CT molecular complexity index is 644. The summed E-state index contributed by atoms with van der Waals surface area (Å²) in [7, 11) is 1.22. The third-order valence-corrected chi connectivity index (χ3v) is 4.09. The van der Waals surface area contributed by atoms with Gasteiger partial charge in [0, 0.05) is 5.56 Å². The highest BCUT2D eigenvalue weighted by atomic mass is 16.6. The molecule has 23 heavy (non-hydrogen) atoms. The van der Waals surface area contributed by atoms with E-state index in [-0.39, 0.29) is 16.9 Å². The Kier molecular flexibility index (Phi) is 3.80. The van der Waals surface area contributed by atoms with E-state index in [4.69, 9.17) is 14.2 Å². The highest BCUT2D eigenvalue weighted by molar-refractivity contribution is 5.95. The Morgan fingerprint density at radius 2 is 1.96 bits per heavy atom. The second-order valence-electron chi connectivity index (χ2n) is 5.37. The number of carbonyl (C=O) groups is 1. The smallest absolute Gasteiger partial charge is 0.339 e. The van der Waals surface area contributed by atoms with E-state index >= 15 is 0 Å². The Morgan fingerprint density at radius 3 is 2.57 bits per heavy atom. The van der Waals surface area contributed by atoms with Gasteiger partial charge in [-0.15, -0.1) is 0 Å². The van der Waals surface area contributed by atoms with Crippen molar-refractivity contribution in [3.63, 3.8) is 0 Å². The maximum absolute atomic E-state index is 12.1. The summed E-state index contributed by atoms with van der Waals surface area (Å²) in [6.07, 6.45) is -6.50. The van der Waals surface area contributed by atoms with Gasteiger partial charge in [0.25, 0.3) is 0 Å². The fourth-order valence-electron chi connectivity index (χ4n) is 2.95. The molecule has 1 fully saturated rings. The van der Waals surface area contributed by atoms with Crippen molar-refractivity contribution in [2.75, 3.05) is 13.7 Å². The number of methoxy groups -OCH3 is 1. The summed E-state index contributed by atoms with van der Waals surface area (Å²) < 4.78 is 15.4. The number of carbonyl (C=O) groups excluding carboxylic acids is 1. The quantitative estimate of drug-likeness (QED) is 0.422. The third-order valence-electron chi connectivity index (χ3n) is 4.09. The third kappa shape index (κ3) is 2.20. The number of hydrogen-bond donors (Lipinski definition) is 5. The molecule has 1 saturated heterocycles.